The van der Waals surface area contributed by atoms with Crippen molar-refractivity contribution in [1.82, 2.24) is 20.4 Å². The Labute approximate surface area is 152 Å². The van der Waals surface area contributed by atoms with Crippen molar-refractivity contribution in [2.24, 2.45) is 5.92 Å². The fourth-order valence-corrected chi connectivity index (χ4v) is 4.15. The average Bonchev–Trinajstić information content (AvgIpc) is 3.37. The van der Waals surface area contributed by atoms with E-state index in [1.807, 2.05) is 24.3 Å². The predicted octanol–water partition coefficient (Wildman–Crippen LogP) is 1.52. The highest BCUT2D eigenvalue weighted by atomic mass is 16.2. The monoisotopic (exact) mass is 355 g/mol. The highest BCUT2D eigenvalue weighted by molar-refractivity contribution is 6.05. The molecule has 0 saturated carbocycles. The maximum Gasteiger partial charge on any atom is 0.229 e. The van der Waals surface area contributed by atoms with Gasteiger partial charge >= 0.3 is 0 Å². The number of likely N-dealkylation sites (tertiary alicyclic amines) is 1. The minimum atomic E-state index is -0.311. The van der Waals surface area contributed by atoms with Crippen molar-refractivity contribution in [3.05, 3.63) is 24.3 Å². The van der Waals surface area contributed by atoms with Crippen LogP contribution in [-0.4, -0.2) is 59.1 Å². The van der Waals surface area contributed by atoms with E-state index < -0.39 is 0 Å². The van der Waals surface area contributed by atoms with Gasteiger partial charge < -0.3 is 5.32 Å². The molecule has 26 heavy (non-hydrogen) atoms. The van der Waals surface area contributed by atoms with Crippen LogP contribution in [0.5, 0.6) is 0 Å². The molecule has 2 aromatic rings. The van der Waals surface area contributed by atoms with Gasteiger partial charge in [-0.05, 0) is 38.1 Å². The number of fused-ring (bicyclic) bond motifs is 1. The van der Waals surface area contributed by atoms with E-state index in [-0.39, 0.29) is 24.2 Å². The molecule has 0 radical (unpaired) electrons. The molecule has 2 amide bonds. The number of carbonyl (C=O) groups is 2. The molecule has 4 rings (SSSR count). The van der Waals surface area contributed by atoms with Crippen LogP contribution in [0.1, 0.15) is 26.2 Å². The van der Waals surface area contributed by atoms with E-state index in [1.54, 1.807) is 4.90 Å². The Bertz CT molecular complexity index is 817. The second-order valence-corrected chi connectivity index (χ2v) is 7.17. The molecule has 138 valence electrons. The molecule has 2 aliphatic rings. The molecule has 1 aromatic heterocycles. The van der Waals surface area contributed by atoms with Gasteiger partial charge in [0, 0.05) is 30.9 Å². The lowest BCUT2D eigenvalue weighted by Gasteiger charge is -2.23. The first kappa shape index (κ1) is 17.0. The molecular formula is C19H25N5O2. The Hall–Kier alpha value is -2.41. The number of aromatic nitrogens is 2. The number of rotatable bonds is 5. The third kappa shape index (κ3) is 3.07. The summed E-state index contributed by atoms with van der Waals surface area (Å²) >= 11 is 0. The molecular weight excluding hydrogens is 330 g/mol. The van der Waals surface area contributed by atoms with Gasteiger partial charge in [0.2, 0.25) is 11.8 Å². The summed E-state index contributed by atoms with van der Waals surface area (Å²) in [5, 5.41) is 11.2. The molecule has 0 spiro atoms. The minimum Gasteiger partial charge on any atom is -0.354 e. The first-order valence-electron chi connectivity index (χ1n) is 9.42. The molecule has 1 aromatic carbocycles. The summed E-state index contributed by atoms with van der Waals surface area (Å²) in [5.74, 6) is 0.241. The highest BCUT2D eigenvalue weighted by Crippen LogP contribution is 2.29. The Morgan fingerprint density at radius 3 is 3.08 bits per heavy atom. The third-order valence-electron chi connectivity index (χ3n) is 5.62. The summed E-state index contributed by atoms with van der Waals surface area (Å²) < 4.78 is 0. The van der Waals surface area contributed by atoms with E-state index in [4.69, 9.17) is 0 Å². The second-order valence-electron chi connectivity index (χ2n) is 7.17. The van der Waals surface area contributed by atoms with Gasteiger partial charge in [-0.1, -0.05) is 19.1 Å². The maximum absolute atomic E-state index is 12.6. The van der Waals surface area contributed by atoms with Crippen LogP contribution < -0.4 is 10.2 Å². The van der Waals surface area contributed by atoms with Crippen molar-refractivity contribution in [1.29, 1.82) is 0 Å². The van der Waals surface area contributed by atoms with E-state index in [1.165, 1.54) is 6.42 Å². The summed E-state index contributed by atoms with van der Waals surface area (Å²) in [6.45, 7) is 5.34. The van der Waals surface area contributed by atoms with Gasteiger partial charge in [-0.2, -0.15) is 5.10 Å². The highest BCUT2D eigenvalue weighted by Gasteiger charge is 2.37. The lowest BCUT2D eigenvalue weighted by Crippen LogP contribution is -2.42. The van der Waals surface area contributed by atoms with Crippen molar-refractivity contribution in [2.75, 3.05) is 31.1 Å². The first-order chi connectivity index (χ1) is 12.7. The fourth-order valence-electron chi connectivity index (χ4n) is 4.15. The number of carbonyl (C=O) groups excluding carboxylic acids is 2. The molecule has 2 fully saturated rings. The number of aromatic amines is 1. The number of H-pyrrole nitrogens is 1. The van der Waals surface area contributed by atoms with E-state index >= 15 is 0 Å². The molecule has 2 saturated heterocycles. The van der Waals surface area contributed by atoms with Crippen LogP contribution in [-0.2, 0) is 9.59 Å². The molecule has 7 heteroatoms. The van der Waals surface area contributed by atoms with Crippen molar-refractivity contribution >= 4 is 28.5 Å². The van der Waals surface area contributed by atoms with Gasteiger partial charge in [0.25, 0.3) is 0 Å². The number of hydrogen-bond donors (Lipinski definition) is 2. The van der Waals surface area contributed by atoms with Crippen LogP contribution in [0.4, 0.5) is 5.82 Å². The molecule has 7 nitrogen and oxygen atoms in total. The van der Waals surface area contributed by atoms with Crippen molar-refractivity contribution in [3.8, 4) is 0 Å². The predicted molar refractivity (Wildman–Crippen MR) is 99.8 cm³/mol. The number of nitrogens with zero attached hydrogens (tertiary/aromatic N) is 3. The topological polar surface area (TPSA) is 81.3 Å². The van der Waals surface area contributed by atoms with Crippen LogP contribution in [0, 0.1) is 5.92 Å². The van der Waals surface area contributed by atoms with Crippen molar-refractivity contribution in [2.45, 2.75) is 32.2 Å². The third-order valence-corrected chi connectivity index (χ3v) is 5.62. The molecule has 2 N–H and O–H groups in total. The van der Waals surface area contributed by atoms with Gasteiger partial charge in [0.15, 0.2) is 5.82 Å². The van der Waals surface area contributed by atoms with Gasteiger partial charge in [0.05, 0.1) is 11.4 Å². The summed E-state index contributed by atoms with van der Waals surface area (Å²) in [4.78, 5) is 29.1. The Kier molecular flexibility index (Phi) is 4.63. The number of para-hydroxylation sites is 1. The van der Waals surface area contributed by atoms with Gasteiger partial charge in [-0.3, -0.25) is 24.5 Å². The second kappa shape index (κ2) is 7.07. The normalized spacial score (nSPS) is 23.9. The number of nitrogens with one attached hydrogen (secondary N) is 2. The van der Waals surface area contributed by atoms with E-state index in [2.05, 4.69) is 27.3 Å². The lowest BCUT2D eigenvalue weighted by molar-refractivity contribution is -0.126. The number of benzene rings is 1. The Morgan fingerprint density at radius 1 is 1.38 bits per heavy atom. The van der Waals surface area contributed by atoms with Crippen molar-refractivity contribution < 1.29 is 9.59 Å². The first-order valence-corrected chi connectivity index (χ1v) is 9.42. The van der Waals surface area contributed by atoms with Crippen molar-refractivity contribution in [3.63, 3.8) is 0 Å². The molecule has 3 heterocycles. The quantitative estimate of drug-likeness (QED) is 0.852. The molecule has 2 aliphatic heterocycles. The summed E-state index contributed by atoms with van der Waals surface area (Å²) in [6, 6.07) is 8.14. The zero-order valence-corrected chi connectivity index (χ0v) is 15.1. The van der Waals surface area contributed by atoms with Crippen LogP contribution in [0.15, 0.2) is 24.3 Å². The summed E-state index contributed by atoms with van der Waals surface area (Å²) in [6.07, 6.45) is 2.56. The Morgan fingerprint density at radius 2 is 2.23 bits per heavy atom. The van der Waals surface area contributed by atoms with E-state index in [0.717, 1.165) is 30.4 Å². The van der Waals surface area contributed by atoms with E-state index in [0.29, 0.717) is 24.9 Å². The van der Waals surface area contributed by atoms with Crippen LogP contribution in [0.2, 0.25) is 0 Å². The zero-order valence-electron chi connectivity index (χ0n) is 15.1. The van der Waals surface area contributed by atoms with Gasteiger partial charge in [-0.25, -0.2) is 0 Å². The summed E-state index contributed by atoms with van der Waals surface area (Å²) in [7, 11) is 0. The number of amides is 2. The van der Waals surface area contributed by atoms with Crippen LogP contribution in [0.25, 0.3) is 10.9 Å². The molecule has 2 atom stereocenters. The van der Waals surface area contributed by atoms with E-state index in [9.17, 15) is 9.59 Å². The average molecular weight is 355 g/mol. The smallest absolute Gasteiger partial charge is 0.229 e. The SMILES string of the molecule is CCN1CCC[C@H]1CNC(=O)[C@H]1CC(=O)N(c2n[nH]c3ccccc23)C1. The zero-order chi connectivity index (χ0) is 18.1. The van der Waals surface area contributed by atoms with Crippen LogP contribution in [0.3, 0.4) is 0 Å². The summed E-state index contributed by atoms with van der Waals surface area (Å²) in [5.41, 5.74) is 0.893. The number of hydrogen-bond acceptors (Lipinski definition) is 4. The molecule has 0 unspecified atom stereocenters. The minimum absolute atomic E-state index is 0.0244. The largest absolute Gasteiger partial charge is 0.354 e. The van der Waals surface area contributed by atoms with Gasteiger partial charge in [-0.15, -0.1) is 0 Å². The number of likely N-dealkylation sites (N-methyl/N-ethyl adjacent to an activating group) is 1. The fraction of sp³-hybridized carbons (Fsp3) is 0.526. The number of anilines is 1. The standard InChI is InChI=1S/C19H25N5O2/c1-2-23-9-5-6-14(23)11-20-19(26)13-10-17(25)24(12-13)18-15-7-3-4-8-16(15)21-22-18/h3-4,7-8,13-14H,2,5-6,9-12H2,1H3,(H,20,26)(H,21,22)/t13-,14-/m0/s1. The molecule has 0 bridgehead atoms. The molecule has 0 aliphatic carbocycles. The lowest BCUT2D eigenvalue weighted by atomic mass is 10.1. The maximum atomic E-state index is 12.6. The van der Waals surface area contributed by atoms with Crippen LogP contribution >= 0.6 is 0 Å². The van der Waals surface area contributed by atoms with Gasteiger partial charge in [0.1, 0.15) is 0 Å². The Balaban J connectivity index is 1.40.